The van der Waals surface area contributed by atoms with E-state index < -0.39 is 0 Å². The minimum Gasteiger partial charge on any atom is -0.399 e. The Labute approximate surface area is 103 Å². The first-order valence-corrected chi connectivity index (χ1v) is 5.61. The topological polar surface area (TPSA) is 43.8 Å². The molecule has 0 radical (unpaired) electrons. The van der Waals surface area contributed by atoms with E-state index in [4.69, 9.17) is 17.3 Å². The van der Waals surface area contributed by atoms with Crippen molar-refractivity contribution >= 4 is 28.3 Å². The van der Waals surface area contributed by atoms with Crippen molar-refractivity contribution in [2.45, 2.75) is 0 Å². The Balaban J connectivity index is 2.27. The highest BCUT2D eigenvalue weighted by atomic mass is 35.5. The second-order valence-electron chi connectivity index (χ2n) is 3.81. The van der Waals surface area contributed by atoms with Crippen molar-refractivity contribution in [3.63, 3.8) is 0 Å². The summed E-state index contributed by atoms with van der Waals surface area (Å²) in [5.74, 6) is 0. The van der Waals surface area contributed by atoms with Gasteiger partial charge in [-0.05, 0) is 30.3 Å². The largest absolute Gasteiger partial charge is 0.399 e. The zero-order valence-electron chi connectivity index (χ0n) is 8.97. The van der Waals surface area contributed by atoms with Gasteiger partial charge >= 0.3 is 0 Å². The van der Waals surface area contributed by atoms with E-state index in [0.717, 1.165) is 16.7 Å². The van der Waals surface area contributed by atoms with E-state index in [1.54, 1.807) is 12.4 Å². The fourth-order valence-electron chi connectivity index (χ4n) is 1.87. The molecule has 0 aliphatic heterocycles. The molecule has 17 heavy (non-hydrogen) atoms. The Kier molecular flexibility index (Phi) is 2.27. The maximum absolute atomic E-state index is 6.19. The van der Waals surface area contributed by atoms with E-state index in [0.29, 0.717) is 10.7 Å². The lowest BCUT2D eigenvalue weighted by atomic mass is 10.2. The molecule has 4 heteroatoms. The molecule has 3 aromatic rings. The third-order valence-corrected chi connectivity index (χ3v) is 2.99. The van der Waals surface area contributed by atoms with Crippen molar-refractivity contribution in [2.75, 3.05) is 5.73 Å². The molecule has 0 aliphatic rings. The molecule has 1 heterocycles. The Morgan fingerprint density at radius 3 is 2.76 bits per heavy atom. The summed E-state index contributed by atoms with van der Waals surface area (Å²) in [6.07, 6.45) is 1.77. The molecule has 0 unspecified atom stereocenters. The van der Waals surface area contributed by atoms with Crippen LogP contribution < -0.4 is 5.73 Å². The van der Waals surface area contributed by atoms with Crippen LogP contribution in [0.1, 0.15) is 0 Å². The van der Waals surface area contributed by atoms with E-state index in [-0.39, 0.29) is 0 Å². The van der Waals surface area contributed by atoms with Gasteiger partial charge in [0, 0.05) is 5.69 Å². The molecule has 2 aromatic carbocycles. The molecule has 1 aromatic heterocycles. The van der Waals surface area contributed by atoms with Crippen molar-refractivity contribution < 1.29 is 0 Å². The van der Waals surface area contributed by atoms with Crippen molar-refractivity contribution in [3.05, 3.63) is 53.8 Å². The van der Waals surface area contributed by atoms with Gasteiger partial charge < -0.3 is 5.73 Å². The number of hydrogen-bond acceptors (Lipinski definition) is 2. The summed E-state index contributed by atoms with van der Waals surface area (Å²) in [5, 5.41) is 0.619. The number of fused-ring (bicyclic) bond motifs is 1. The van der Waals surface area contributed by atoms with Gasteiger partial charge in [-0.2, -0.15) is 0 Å². The normalized spacial score (nSPS) is 10.9. The minimum atomic E-state index is 0.619. The SMILES string of the molecule is Nc1ccc(-n2cnc3ccccc32)c(Cl)c1. The van der Waals surface area contributed by atoms with Gasteiger partial charge in [0.05, 0.1) is 21.7 Å². The molecule has 0 saturated heterocycles. The molecular weight excluding hydrogens is 234 g/mol. The average Bonchev–Trinajstić information content (AvgIpc) is 2.73. The summed E-state index contributed by atoms with van der Waals surface area (Å²) >= 11 is 6.19. The van der Waals surface area contributed by atoms with E-state index >= 15 is 0 Å². The van der Waals surface area contributed by atoms with E-state index in [9.17, 15) is 0 Å². The first kappa shape index (κ1) is 10.2. The number of imidazole rings is 1. The fraction of sp³-hybridized carbons (Fsp3) is 0. The maximum atomic E-state index is 6.19. The molecule has 0 aliphatic carbocycles. The summed E-state index contributed by atoms with van der Waals surface area (Å²) in [5.41, 5.74) is 9.20. The first-order valence-electron chi connectivity index (χ1n) is 5.23. The predicted octanol–water partition coefficient (Wildman–Crippen LogP) is 3.26. The van der Waals surface area contributed by atoms with Crippen molar-refractivity contribution in [1.82, 2.24) is 9.55 Å². The summed E-state index contributed by atoms with van der Waals surface area (Å²) in [7, 11) is 0. The zero-order valence-corrected chi connectivity index (χ0v) is 9.72. The van der Waals surface area contributed by atoms with Crippen LogP contribution in [0.4, 0.5) is 5.69 Å². The summed E-state index contributed by atoms with van der Waals surface area (Å²) in [4.78, 5) is 4.33. The highest BCUT2D eigenvalue weighted by Gasteiger charge is 2.07. The molecule has 0 saturated carbocycles. The number of anilines is 1. The molecule has 0 bridgehead atoms. The van der Waals surface area contributed by atoms with Crippen molar-refractivity contribution in [2.24, 2.45) is 0 Å². The number of nitrogens with zero attached hydrogens (tertiary/aromatic N) is 2. The highest BCUT2D eigenvalue weighted by molar-refractivity contribution is 6.32. The third-order valence-electron chi connectivity index (χ3n) is 2.68. The lowest BCUT2D eigenvalue weighted by Crippen LogP contribution is -1.94. The predicted molar refractivity (Wildman–Crippen MR) is 70.5 cm³/mol. The highest BCUT2D eigenvalue weighted by Crippen LogP contribution is 2.26. The number of rotatable bonds is 1. The van der Waals surface area contributed by atoms with Crippen LogP contribution in [0.5, 0.6) is 0 Å². The van der Waals surface area contributed by atoms with Gasteiger partial charge in [0.1, 0.15) is 6.33 Å². The minimum absolute atomic E-state index is 0.619. The Morgan fingerprint density at radius 1 is 1.12 bits per heavy atom. The fourth-order valence-corrected chi connectivity index (χ4v) is 2.15. The van der Waals surface area contributed by atoms with E-state index in [2.05, 4.69) is 4.98 Å². The molecule has 0 amide bonds. The number of halogens is 1. The number of nitrogen functional groups attached to an aromatic ring is 1. The van der Waals surface area contributed by atoms with Gasteiger partial charge in [0.15, 0.2) is 0 Å². The quantitative estimate of drug-likeness (QED) is 0.667. The lowest BCUT2D eigenvalue weighted by molar-refractivity contribution is 1.09. The molecule has 0 spiro atoms. The van der Waals surface area contributed by atoms with Crippen LogP contribution in [0.3, 0.4) is 0 Å². The molecule has 2 N–H and O–H groups in total. The number of nitrogens with two attached hydrogens (primary N) is 1. The molecule has 0 atom stereocenters. The van der Waals surface area contributed by atoms with Crippen LogP contribution in [0.2, 0.25) is 5.02 Å². The van der Waals surface area contributed by atoms with Crippen molar-refractivity contribution in [1.29, 1.82) is 0 Å². The van der Waals surface area contributed by atoms with Gasteiger partial charge in [-0.3, -0.25) is 4.57 Å². The maximum Gasteiger partial charge on any atom is 0.100 e. The van der Waals surface area contributed by atoms with Crippen LogP contribution in [0, 0.1) is 0 Å². The number of aromatic nitrogens is 2. The molecule has 84 valence electrons. The third kappa shape index (κ3) is 1.65. The molecule has 3 nitrogen and oxygen atoms in total. The first-order chi connectivity index (χ1) is 8.25. The Morgan fingerprint density at radius 2 is 1.94 bits per heavy atom. The average molecular weight is 244 g/mol. The molecule has 3 rings (SSSR count). The van der Waals surface area contributed by atoms with Crippen LogP contribution in [0.15, 0.2) is 48.8 Å². The second kappa shape index (κ2) is 3.79. The Hall–Kier alpha value is -2.00. The van der Waals surface area contributed by atoms with Crippen LogP contribution in [0.25, 0.3) is 16.7 Å². The van der Waals surface area contributed by atoms with Crippen LogP contribution >= 0.6 is 11.6 Å². The molecule has 0 fully saturated rings. The smallest absolute Gasteiger partial charge is 0.100 e. The lowest BCUT2D eigenvalue weighted by Gasteiger charge is -2.07. The Bertz CT molecular complexity index is 688. The van der Waals surface area contributed by atoms with Gasteiger partial charge in [-0.1, -0.05) is 23.7 Å². The zero-order chi connectivity index (χ0) is 11.8. The van der Waals surface area contributed by atoms with Crippen LogP contribution in [-0.2, 0) is 0 Å². The monoisotopic (exact) mass is 243 g/mol. The standard InChI is InChI=1S/C13H10ClN3/c14-10-7-9(15)5-6-12(10)17-8-16-11-3-1-2-4-13(11)17/h1-8H,15H2. The van der Waals surface area contributed by atoms with Crippen LogP contribution in [-0.4, -0.2) is 9.55 Å². The van der Waals surface area contributed by atoms with Gasteiger partial charge in [-0.15, -0.1) is 0 Å². The summed E-state index contributed by atoms with van der Waals surface area (Å²) in [6, 6.07) is 13.4. The van der Waals surface area contributed by atoms with Gasteiger partial charge in [0.2, 0.25) is 0 Å². The number of para-hydroxylation sites is 2. The number of benzene rings is 2. The van der Waals surface area contributed by atoms with Gasteiger partial charge in [0.25, 0.3) is 0 Å². The summed E-state index contributed by atoms with van der Waals surface area (Å²) < 4.78 is 1.96. The van der Waals surface area contributed by atoms with E-state index in [1.807, 2.05) is 41.0 Å². The summed E-state index contributed by atoms with van der Waals surface area (Å²) in [6.45, 7) is 0. The van der Waals surface area contributed by atoms with E-state index in [1.165, 1.54) is 0 Å². The van der Waals surface area contributed by atoms with Crippen molar-refractivity contribution in [3.8, 4) is 5.69 Å². The number of hydrogen-bond donors (Lipinski definition) is 1. The molecular formula is C13H10ClN3. The van der Waals surface area contributed by atoms with Gasteiger partial charge in [-0.25, -0.2) is 4.98 Å². The second-order valence-corrected chi connectivity index (χ2v) is 4.22.